The maximum absolute atomic E-state index is 10.6. The topological polar surface area (TPSA) is 140 Å². The molecule has 0 bridgehead atoms. The molecule has 0 spiro atoms. The summed E-state index contributed by atoms with van der Waals surface area (Å²) in [4.78, 5) is 21.0. The summed E-state index contributed by atoms with van der Waals surface area (Å²) in [5, 5.41) is 38.2. The minimum Gasteiger partial charge on any atom is -0.396 e. The van der Waals surface area contributed by atoms with Crippen molar-refractivity contribution in [3.05, 3.63) is 24.2 Å². The number of hydrogen-bond donors (Lipinski definition) is 5. The molecule has 5 N–H and O–H groups in total. The second-order valence-electron chi connectivity index (χ2n) is 10.1. The van der Waals surface area contributed by atoms with E-state index in [0.29, 0.717) is 24.2 Å². The third-order valence-electron chi connectivity index (χ3n) is 7.36. The van der Waals surface area contributed by atoms with E-state index in [1.165, 1.54) is 19.4 Å². The highest BCUT2D eigenvalue weighted by molar-refractivity contribution is 7.21. The first-order valence-corrected chi connectivity index (χ1v) is 13.1. The van der Waals surface area contributed by atoms with E-state index in [1.807, 2.05) is 13.0 Å². The molecule has 3 fully saturated rings. The minimum absolute atomic E-state index is 0.178. The van der Waals surface area contributed by atoms with Crippen molar-refractivity contribution >= 4 is 33.3 Å². The van der Waals surface area contributed by atoms with E-state index in [0.717, 1.165) is 45.5 Å². The molecule has 0 amide bonds. The van der Waals surface area contributed by atoms with Crippen molar-refractivity contribution in [3.63, 3.8) is 0 Å². The number of aryl methyl sites for hydroxylation is 1. The van der Waals surface area contributed by atoms with E-state index in [2.05, 4.69) is 20.5 Å². The van der Waals surface area contributed by atoms with Gasteiger partial charge in [-0.05, 0) is 38.2 Å². The zero-order valence-corrected chi connectivity index (χ0v) is 20.4. The molecular formula is C24H31N7O3S. The highest BCUT2D eigenvalue weighted by atomic mass is 32.1. The number of aliphatic hydroxyl groups is 3. The van der Waals surface area contributed by atoms with Gasteiger partial charge in [-0.25, -0.2) is 9.97 Å². The van der Waals surface area contributed by atoms with E-state index in [-0.39, 0.29) is 12.5 Å². The van der Waals surface area contributed by atoms with Crippen molar-refractivity contribution < 1.29 is 15.3 Å². The van der Waals surface area contributed by atoms with Gasteiger partial charge in [0.15, 0.2) is 0 Å². The summed E-state index contributed by atoms with van der Waals surface area (Å²) in [6.07, 6.45) is 4.64. The molecule has 3 aromatic heterocycles. The first-order chi connectivity index (χ1) is 17.0. The SMILES string of the molecule is Cc1nc(NC2CN(CC3CC3)C2)nc(N[C@@H]2C[C@H](CO)[C@@H](O)[C@H]2O)c1-c1nc2cnccc2s1. The second kappa shape index (κ2) is 9.21. The summed E-state index contributed by atoms with van der Waals surface area (Å²) in [6, 6.07) is 1.79. The van der Waals surface area contributed by atoms with Gasteiger partial charge in [0.05, 0.1) is 40.3 Å². The van der Waals surface area contributed by atoms with Crippen LogP contribution in [0.2, 0.25) is 0 Å². The quantitative estimate of drug-likeness (QED) is 0.311. The van der Waals surface area contributed by atoms with Crippen LogP contribution in [0.1, 0.15) is 25.0 Å². The number of anilines is 2. The average Bonchev–Trinajstić information content (AvgIpc) is 3.47. The van der Waals surface area contributed by atoms with E-state index in [9.17, 15) is 15.3 Å². The number of thiazole rings is 1. The van der Waals surface area contributed by atoms with Crippen LogP contribution in [0, 0.1) is 18.8 Å². The van der Waals surface area contributed by atoms with Crippen LogP contribution in [0.15, 0.2) is 18.5 Å². The molecule has 0 radical (unpaired) electrons. The van der Waals surface area contributed by atoms with Crippen molar-refractivity contribution in [2.24, 2.45) is 11.8 Å². The maximum Gasteiger partial charge on any atom is 0.225 e. The van der Waals surface area contributed by atoms with Crippen LogP contribution in [0.4, 0.5) is 11.8 Å². The van der Waals surface area contributed by atoms with E-state index in [1.54, 1.807) is 23.7 Å². The summed E-state index contributed by atoms with van der Waals surface area (Å²) >= 11 is 1.54. The Bertz CT molecular complexity index is 1180. The molecule has 35 heavy (non-hydrogen) atoms. The van der Waals surface area contributed by atoms with E-state index >= 15 is 0 Å². The molecule has 2 aliphatic carbocycles. The molecule has 3 aromatic rings. The summed E-state index contributed by atoms with van der Waals surface area (Å²) in [7, 11) is 0. The van der Waals surface area contributed by atoms with Gasteiger partial charge in [0.1, 0.15) is 22.4 Å². The standard InChI is InChI=1S/C24H31N7O3S/c1-12-19(23-29-17-7-25-5-4-18(17)35-23)22(28-16-6-14(11-32)20(33)21(16)34)30-24(26-12)27-15-9-31(10-15)8-13-2-3-13/h4-5,7,13-16,20-21,32-34H,2-3,6,8-11H2,1H3,(H2,26,27,28,30)/t14-,16-,20-,21+/m1/s1. The Morgan fingerprint density at radius 3 is 2.66 bits per heavy atom. The molecule has 1 aliphatic heterocycles. The number of aromatic nitrogens is 4. The maximum atomic E-state index is 10.6. The first kappa shape index (κ1) is 23.0. The first-order valence-electron chi connectivity index (χ1n) is 12.3. The van der Waals surface area contributed by atoms with Crippen molar-refractivity contribution in [1.29, 1.82) is 0 Å². The summed E-state index contributed by atoms with van der Waals surface area (Å²) in [6.45, 7) is 4.92. The molecule has 186 valence electrons. The molecule has 6 rings (SSSR count). The summed E-state index contributed by atoms with van der Waals surface area (Å²) < 4.78 is 1.02. The molecule has 4 heterocycles. The van der Waals surface area contributed by atoms with Crippen LogP contribution in [-0.4, -0.2) is 90.7 Å². The number of likely N-dealkylation sites (tertiary alicyclic amines) is 1. The Labute approximate surface area is 207 Å². The van der Waals surface area contributed by atoms with Crippen molar-refractivity contribution in [3.8, 4) is 10.6 Å². The Kier molecular flexibility index (Phi) is 6.05. The number of nitrogens with zero attached hydrogens (tertiary/aromatic N) is 5. The number of nitrogens with one attached hydrogen (secondary N) is 2. The van der Waals surface area contributed by atoms with Gasteiger partial charge >= 0.3 is 0 Å². The van der Waals surface area contributed by atoms with Gasteiger partial charge in [-0.2, -0.15) is 4.98 Å². The van der Waals surface area contributed by atoms with Gasteiger partial charge < -0.3 is 26.0 Å². The van der Waals surface area contributed by atoms with Gasteiger partial charge in [-0.1, -0.05) is 0 Å². The molecule has 0 unspecified atom stereocenters. The number of fused-ring (bicyclic) bond motifs is 1. The Hall–Kier alpha value is -2.44. The predicted molar refractivity (Wildman–Crippen MR) is 134 cm³/mol. The fraction of sp³-hybridized carbons (Fsp3) is 0.583. The van der Waals surface area contributed by atoms with Gasteiger partial charge in [0.2, 0.25) is 5.95 Å². The van der Waals surface area contributed by atoms with Gasteiger partial charge in [-0.3, -0.25) is 9.88 Å². The monoisotopic (exact) mass is 497 g/mol. The van der Waals surface area contributed by atoms with Crippen LogP contribution in [0.25, 0.3) is 20.8 Å². The van der Waals surface area contributed by atoms with Crippen molar-refractivity contribution in [2.75, 3.05) is 36.9 Å². The zero-order valence-electron chi connectivity index (χ0n) is 19.6. The van der Waals surface area contributed by atoms with Gasteiger partial charge in [0.25, 0.3) is 0 Å². The van der Waals surface area contributed by atoms with E-state index < -0.39 is 18.2 Å². The largest absolute Gasteiger partial charge is 0.396 e. The Morgan fingerprint density at radius 1 is 1.11 bits per heavy atom. The highest BCUT2D eigenvalue weighted by Crippen LogP contribution is 2.38. The number of aliphatic hydroxyl groups excluding tert-OH is 3. The van der Waals surface area contributed by atoms with Crippen molar-refractivity contribution in [1.82, 2.24) is 24.8 Å². The molecule has 11 heteroatoms. The minimum atomic E-state index is -1.01. The molecule has 2 saturated carbocycles. The smallest absolute Gasteiger partial charge is 0.225 e. The fourth-order valence-electron chi connectivity index (χ4n) is 5.17. The molecule has 1 saturated heterocycles. The normalized spacial score (nSPS) is 27.3. The van der Waals surface area contributed by atoms with Crippen LogP contribution in [0.5, 0.6) is 0 Å². The molecule has 0 aromatic carbocycles. The lowest BCUT2D eigenvalue weighted by atomic mass is 10.1. The van der Waals surface area contributed by atoms with Crippen molar-refractivity contribution in [2.45, 2.75) is 50.5 Å². The lowest BCUT2D eigenvalue weighted by Gasteiger charge is -2.39. The number of rotatable bonds is 8. The number of hydrogen-bond acceptors (Lipinski definition) is 11. The lowest BCUT2D eigenvalue weighted by molar-refractivity contribution is 0.00446. The van der Waals surface area contributed by atoms with Gasteiger partial charge in [-0.15, -0.1) is 11.3 Å². The lowest BCUT2D eigenvalue weighted by Crippen LogP contribution is -2.55. The third kappa shape index (κ3) is 4.58. The zero-order chi connectivity index (χ0) is 24.1. The summed E-state index contributed by atoms with van der Waals surface area (Å²) in [5.41, 5.74) is 2.36. The van der Waals surface area contributed by atoms with Crippen LogP contribution in [0.3, 0.4) is 0 Å². The summed E-state index contributed by atoms with van der Waals surface area (Å²) in [5.74, 6) is 1.60. The molecule has 10 nitrogen and oxygen atoms in total. The Morgan fingerprint density at radius 2 is 1.94 bits per heavy atom. The third-order valence-corrected chi connectivity index (χ3v) is 8.41. The average molecular weight is 498 g/mol. The Balaban J connectivity index is 1.29. The van der Waals surface area contributed by atoms with Crippen LogP contribution >= 0.6 is 11.3 Å². The van der Waals surface area contributed by atoms with Gasteiger partial charge in [0, 0.05) is 38.4 Å². The number of pyridine rings is 1. The molecule has 4 atom stereocenters. The molecular weight excluding hydrogens is 466 g/mol. The fourth-order valence-corrected chi connectivity index (χ4v) is 6.20. The highest BCUT2D eigenvalue weighted by Gasteiger charge is 2.42. The molecule has 3 aliphatic rings. The predicted octanol–water partition coefficient (Wildman–Crippen LogP) is 1.48. The second-order valence-corrected chi connectivity index (χ2v) is 11.2. The van der Waals surface area contributed by atoms with Crippen LogP contribution < -0.4 is 10.6 Å². The van der Waals surface area contributed by atoms with E-state index in [4.69, 9.17) is 15.0 Å². The van der Waals surface area contributed by atoms with Crippen LogP contribution in [-0.2, 0) is 0 Å².